The highest BCUT2D eigenvalue weighted by molar-refractivity contribution is 8.15. The van der Waals surface area contributed by atoms with Crippen molar-refractivity contribution in [3.63, 3.8) is 0 Å². The van der Waals surface area contributed by atoms with Gasteiger partial charge in [-0.15, -0.1) is 5.10 Å². The molecule has 2 amide bonds. The fourth-order valence-electron chi connectivity index (χ4n) is 3.12. The highest BCUT2D eigenvalue weighted by atomic mass is 35.5. The number of hydrogen-bond donors (Lipinski definition) is 2. The minimum atomic E-state index is -0.566. The number of nitrogens with zero attached hydrogens (tertiary/aromatic N) is 2. The van der Waals surface area contributed by atoms with Gasteiger partial charge in [0.05, 0.1) is 6.21 Å². The molecule has 1 heterocycles. The molecule has 1 aliphatic rings. The summed E-state index contributed by atoms with van der Waals surface area (Å²) in [6.45, 7) is 0.317. The Kier molecular flexibility index (Phi) is 7.95. The van der Waals surface area contributed by atoms with Gasteiger partial charge in [-0.2, -0.15) is 5.10 Å². The van der Waals surface area contributed by atoms with Crippen molar-refractivity contribution >= 4 is 52.2 Å². The largest absolute Gasteiger partial charge is 0.488 e. The molecule has 0 saturated carbocycles. The van der Waals surface area contributed by atoms with Gasteiger partial charge in [-0.3, -0.25) is 9.59 Å². The monoisotopic (exact) mass is 492 g/mol. The van der Waals surface area contributed by atoms with Crippen LogP contribution in [0.25, 0.3) is 0 Å². The predicted octanol–water partition coefficient (Wildman–Crippen LogP) is 4.87. The van der Waals surface area contributed by atoms with E-state index in [2.05, 4.69) is 20.8 Å². The Hall–Kier alpha value is -3.62. The quantitative estimate of drug-likeness (QED) is 0.346. The summed E-state index contributed by atoms with van der Waals surface area (Å²) in [5.74, 6) is 0.115. The van der Waals surface area contributed by atoms with Crippen molar-refractivity contribution in [2.45, 2.75) is 18.3 Å². The third-order valence-corrected chi connectivity index (χ3v) is 6.25. The molecule has 3 aromatic rings. The van der Waals surface area contributed by atoms with Gasteiger partial charge < -0.3 is 15.4 Å². The Balaban J connectivity index is 1.34. The molecule has 3 aromatic carbocycles. The van der Waals surface area contributed by atoms with Crippen LogP contribution in [0.1, 0.15) is 17.5 Å². The molecule has 9 heteroatoms. The number of carbonyl (C=O) groups excluding carboxylic acids is 2. The second-order valence-electron chi connectivity index (χ2n) is 7.28. The number of anilines is 1. The molecule has 2 N–H and O–H groups in total. The summed E-state index contributed by atoms with van der Waals surface area (Å²) in [6.07, 6.45) is 1.59. The van der Waals surface area contributed by atoms with Gasteiger partial charge in [0.15, 0.2) is 5.17 Å². The van der Waals surface area contributed by atoms with Crippen LogP contribution in [0.5, 0.6) is 5.75 Å². The van der Waals surface area contributed by atoms with E-state index >= 15 is 0 Å². The topological polar surface area (TPSA) is 92.2 Å². The summed E-state index contributed by atoms with van der Waals surface area (Å²) >= 11 is 7.37. The summed E-state index contributed by atoms with van der Waals surface area (Å²) < 4.78 is 5.91. The van der Waals surface area contributed by atoms with Gasteiger partial charge in [0.25, 0.3) is 0 Å². The minimum absolute atomic E-state index is 0.0346. The molecule has 4 rings (SSSR count). The van der Waals surface area contributed by atoms with E-state index in [0.717, 1.165) is 11.1 Å². The van der Waals surface area contributed by atoms with Crippen molar-refractivity contribution < 1.29 is 14.3 Å². The number of rotatable bonds is 8. The van der Waals surface area contributed by atoms with Crippen LogP contribution in [0.4, 0.5) is 5.69 Å². The molecule has 0 aliphatic carbocycles. The molecular formula is C25H21ClN4O3S. The van der Waals surface area contributed by atoms with Gasteiger partial charge >= 0.3 is 0 Å². The number of carbonyl (C=O) groups is 2. The number of thioether (sulfide) groups is 1. The third kappa shape index (κ3) is 6.46. The van der Waals surface area contributed by atoms with E-state index in [9.17, 15) is 9.59 Å². The maximum absolute atomic E-state index is 12.2. The van der Waals surface area contributed by atoms with E-state index in [1.165, 1.54) is 11.8 Å². The number of halogens is 1. The summed E-state index contributed by atoms with van der Waals surface area (Å²) in [5.41, 5.74) is 2.29. The Labute approximate surface area is 206 Å². The average molecular weight is 493 g/mol. The number of nitrogens with one attached hydrogen (secondary N) is 2. The molecule has 1 aliphatic heterocycles. The van der Waals surface area contributed by atoms with E-state index in [1.807, 2.05) is 66.7 Å². The van der Waals surface area contributed by atoms with Gasteiger partial charge in [-0.05, 0) is 30.3 Å². The van der Waals surface area contributed by atoms with Crippen molar-refractivity contribution in [1.29, 1.82) is 0 Å². The molecule has 0 aromatic heterocycles. The molecule has 0 spiro atoms. The Morgan fingerprint density at radius 2 is 1.79 bits per heavy atom. The summed E-state index contributed by atoms with van der Waals surface area (Å²) in [5, 5.41) is 14.0. The van der Waals surface area contributed by atoms with Crippen molar-refractivity contribution in [3.05, 3.63) is 95.0 Å². The lowest BCUT2D eigenvalue weighted by Crippen LogP contribution is -2.28. The number of benzene rings is 3. The number of para-hydroxylation sites is 2. The zero-order valence-corrected chi connectivity index (χ0v) is 19.6. The molecule has 0 unspecified atom stereocenters. The van der Waals surface area contributed by atoms with E-state index in [0.29, 0.717) is 28.2 Å². The van der Waals surface area contributed by atoms with Crippen LogP contribution in [0.15, 0.2) is 89.1 Å². The van der Waals surface area contributed by atoms with Gasteiger partial charge in [-0.25, -0.2) is 0 Å². The molecular weight excluding hydrogens is 472 g/mol. The van der Waals surface area contributed by atoms with Crippen LogP contribution >= 0.6 is 23.4 Å². The summed E-state index contributed by atoms with van der Waals surface area (Å²) in [6, 6.07) is 24.0. The maximum atomic E-state index is 12.2. The Morgan fingerprint density at radius 3 is 2.62 bits per heavy atom. The van der Waals surface area contributed by atoms with Crippen LogP contribution in [0.2, 0.25) is 5.02 Å². The van der Waals surface area contributed by atoms with Gasteiger partial charge in [0, 0.05) is 28.3 Å². The van der Waals surface area contributed by atoms with Crippen molar-refractivity contribution in [2.24, 2.45) is 10.2 Å². The van der Waals surface area contributed by atoms with Crippen molar-refractivity contribution in [2.75, 3.05) is 5.32 Å². The maximum Gasteiger partial charge on any atom is 0.240 e. The minimum Gasteiger partial charge on any atom is -0.488 e. The number of hydrogen-bond acceptors (Lipinski definition) is 6. The first-order valence-electron chi connectivity index (χ1n) is 10.5. The highest BCUT2D eigenvalue weighted by Crippen LogP contribution is 2.24. The smallest absolute Gasteiger partial charge is 0.240 e. The van der Waals surface area contributed by atoms with Crippen LogP contribution in [0, 0.1) is 0 Å². The average Bonchev–Trinajstić information content (AvgIpc) is 3.18. The van der Waals surface area contributed by atoms with E-state index in [-0.39, 0.29) is 18.2 Å². The molecule has 1 atom stereocenters. The van der Waals surface area contributed by atoms with E-state index in [4.69, 9.17) is 16.3 Å². The summed E-state index contributed by atoms with van der Waals surface area (Å²) in [7, 11) is 0. The second-order valence-corrected chi connectivity index (χ2v) is 8.88. The molecule has 1 saturated heterocycles. The first-order valence-corrected chi connectivity index (χ1v) is 11.7. The molecule has 7 nitrogen and oxygen atoms in total. The number of amides is 2. The number of ether oxygens (including phenoxy) is 1. The fourth-order valence-corrected chi connectivity index (χ4v) is 4.24. The van der Waals surface area contributed by atoms with Crippen LogP contribution < -0.4 is 15.4 Å². The Bertz CT molecular complexity index is 1230. The van der Waals surface area contributed by atoms with Crippen molar-refractivity contribution in [1.82, 2.24) is 5.32 Å². The molecule has 0 radical (unpaired) electrons. The highest BCUT2D eigenvalue weighted by Gasteiger charge is 2.32. The normalized spacial score (nSPS) is 16.6. The van der Waals surface area contributed by atoms with Crippen LogP contribution in [0.3, 0.4) is 0 Å². The zero-order valence-electron chi connectivity index (χ0n) is 18.0. The molecule has 1 fully saturated rings. The van der Waals surface area contributed by atoms with Gasteiger partial charge in [-0.1, -0.05) is 71.9 Å². The zero-order chi connectivity index (χ0) is 23.8. The van der Waals surface area contributed by atoms with Crippen molar-refractivity contribution in [3.8, 4) is 5.75 Å². The third-order valence-electron chi connectivity index (χ3n) is 4.81. The lowest BCUT2D eigenvalue weighted by atomic mass is 10.2. The van der Waals surface area contributed by atoms with Gasteiger partial charge in [0.1, 0.15) is 17.6 Å². The van der Waals surface area contributed by atoms with E-state index in [1.54, 1.807) is 18.3 Å². The predicted molar refractivity (Wildman–Crippen MR) is 136 cm³/mol. The standard InChI is InChI=1S/C25H21ClN4O3S/c26-20-12-6-4-9-18(20)16-33-21-13-7-5-8-17(21)15-27-30-25-29-24(32)22(34-25)14-23(31)28-19-10-2-1-3-11-19/h1-13,15,22H,14,16H2,(H,28,31)(H,29,30,32)/b27-15-/t22-/m0/s1. The van der Waals surface area contributed by atoms with Gasteiger partial charge in [0.2, 0.25) is 11.8 Å². The molecule has 34 heavy (non-hydrogen) atoms. The van der Waals surface area contributed by atoms with Crippen LogP contribution in [-0.4, -0.2) is 28.4 Å². The fraction of sp³-hybridized carbons (Fsp3) is 0.120. The molecule has 0 bridgehead atoms. The second kappa shape index (κ2) is 11.5. The summed E-state index contributed by atoms with van der Waals surface area (Å²) in [4.78, 5) is 24.5. The first-order chi connectivity index (χ1) is 16.6. The number of amidine groups is 1. The SMILES string of the molecule is O=C(C[C@@H]1S/C(=N\N=C/c2ccccc2OCc2ccccc2Cl)NC1=O)Nc1ccccc1. The lowest BCUT2D eigenvalue weighted by molar-refractivity contribution is -0.122. The van der Waals surface area contributed by atoms with Crippen LogP contribution in [-0.2, 0) is 16.2 Å². The lowest BCUT2D eigenvalue weighted by Gasteiger charge is -2.09. The first kappa shape index (κ1) is 23.5. The van der Waals surface area contributed by atoms with E-state index < -0.39 is 5.25 Å². The molecule has 172 valence electrons. The Morgan fingerprint density at radius 1 is 1.06 bits per heavy atom.